The monoisotopic (exact) mass is 452 g/mol. The molecule has 4 heteroatoms. The number of benzene rings is 4. The van der Waals surface area contributed by atoms with E-state index in [0.29, 0.717) is 0 Å². The number of anilines is 3. The van der Waals surface area contributed by atoms with Crippen LogP contribution in [0.1, 0.15) is 16.8 Å². The zero-order valence-electron chi connectivity index (χ0n) is 20.2. The summed E-state index contributed by atoms with van der Waals surface area (Å²) in [6, 6.07) is 32.3. The van der Waals surface area contributed by atoms with E-state index in [-0.39, 0.29) is 0 Å². The van der Waals surface area contributed by atoms with E-state index in [4.69, 9.17) is 4.42 Å². The molecule has 0 atom stereocenters. The van der Waals surface area contributed by atoms with Crippen LogP contribution in [0.5, 0.6) is 0 Å². The number of para-hydroxylation sites is 3. The van der Waals surface area contributed by atoms with Gasteiger partial charge in [0.05, 0.1) is 16.9 Å². The molecular formula is C31H25BN2O. The van der Waals surface area contributed by atoms with Crippen LogP contribution in [-0.2, 0) is 0 Å². The lowest BCUT2D eigenvalue weighted by molar-refractivity contribution is 0.652. The lowest BCUT2D eigenvalue weighted by Crippen LogP contribution is -2.40. The van der Waals surface area contributed by atoms with E-state index in [2.05, 4.69) is 115 Å². The van der Waals surface area contributed by atoms with Crippen molar-refractivity contribution in [3.05, 3.63) is 108 Å². The second-order valence-electron chi connectivity index (χ2n) is 9.51. The van der Waals surface area contributed by atoms with E-state index >= 15 is 0 Å². The molecule has 3 heterocycles. The minimum atomic E-state index is 0.753. The second kappa shape index (κ2) is 7.41. The van der Waals surface area contributed by atoms with E-state index in [1.807, 2.05) is 6.07 Å². The van der Waals surface area contributed by atoms with E-state index < -0.39 is 0 Å². The van der Waals surface area contributed by atoms with Gasteiger partial charge in [0.15, 0.2) is 0 Å². The highest BCUT2D eigenvalue weighted by Crippen LogP contribution is 2.41. The maximum Gasteiger partial charge on any atom is 0.246 e. The fourth-order valence-electron chi connectivity index (χ4n) is 5.83. The van der Waals surface area contributed by atoms with Crippen LogP contribution < -0.4 is 16.0 Å². The van der Waals surface area contributed by atoms with Gasteiger partial charge in [-0.3, -0.25) is 0 Å². The molecule has 1 aliphatic rings. The van der Waals surface area contributed by atoms with Crippen LogP contribution >= 0.6 is 0 Å². The van der Waals surface area contributed by atoms with Crippen molar-refractivity contribution in [3.8, 4) is 5.69 Å². The van der Waals surface area contributed by atoms with Crippen LogP contribution in [-0.4, -0.2) is 11.8 Å². The topological polar surface area (TPSA) is 21.3 Å². The summed E-state index contributed by atoms with van der Waals surface area (Å²) < 4.78 is 8.94. The molecule has 168 valence electrons. The zero-order chi connectivity index (χ0) is 23.7. The lowest BCUT2D eigenvalue weighted by atomic mass is 9.63. The molecule has 0 radical (unpaired) electrons. The first kappa shape index (κ1) is 20.2. The van der Waals surface area contributed by atoms with Gasteiger partial charge in [-0.1, -0.05) is 54.6 Å². The van der Waals surface area contributed by atoms with Crippen LogP contribution in [0.15, 0.2) is 95.4 Å². The number of hydrogen-bond donors (Lipinski definition) is 0. The first-order chi connectivity index (χ1) is 17.1. The quantitative estimate of drug-likeness (QED) is 0.280. The third-order valence-electron chi connectivity index (χ3n) is 7.57. The summed E-state index contributed by atoms with van der Waals surface area (Å²) in [5.74, 6) is 0. The molecular weight excluding hydrogens is 427 g/mol. The molecule has 0 N–H and O–H groups in total. The Labute approximate surface area is 205 Å². The van der Waals surface area contributed by atoms with Gasteiger partial charge in [-0.25, -0.2) is 0 Å². The number of fused-ring (bicyclic) bond motifs is 5. The van der Waals surface area contributed by atoms with E-state index in [0.717, 1.165) is 35.3 Å². The molecule has 7 rings (SSSR count). The molecule has 3 nitrogen and oxygen atoms in total. The average Bonchev–Trinajstić information content (AvgIpc) is 3.38. The highest BCUT2D eigenvalue weighted by atomic mass is 16.3. The molecule has 35 heavy (non-hydrogen) atoms. The Hall–Kier alpha value is -4.18. The van der Waals surface area contributed by atoms with Crippen molar-refractivity contribution in [3.63, 3.8) is 0 Å². The fourth-order valence-corrected chi connectivity index (χ4v) is 5.83. The number of aromatic nitrogens is 1. The van der Waals surface area contributed by atoms with Gasteiger partial charge in [-0.15, -0.1) is 0 Å². The summed E-state index contributed by atoms with van der Waals surface area (Å²) in [5.41, 5.74) is 13.1. The molecule has 0 saturated heterocycles. The summed E-state index contributed by atoms with van der Waals surface area (Å²) in [6.07, 6.45) is 0. The minimum Gasteiger partial charge on any atom is -0.469 e. The standard InChI is InChI=1S/C31H25BN2O/c1-19-11-9-15-23-20(2)21(3)33(29(19)23)25-16-10-17-26-28(25)32-31-30(24-14-7-8-18-27(24)35-31)34(26)22-12-5-4-6-13-22/h4-18,32H,1-3H3. The highest BCUT2D eigenvalue weighted by molar-refractivity contribution is 6.72. The van der Waals surface area contributed by atoms with Crippen LogP contribution in [0.25, 0.3) is 27.6 Å². The predicted molar refractivity (Wildman–Crippen MR) is 148 cm³/mol. The van der Waals surface area contributed by atoms with Crippen molar-refractivity contribution in [1.82, 2.24) is 4.57 Å². The Morgan fingerprint density at radius 2 is 1.40 bits per heavy atom. The van der Waals surface area contributed by atoms with Gasteiger partial charge in [0.2, 0.25) is 7.28 Å². The molecule has 0 bridgehead atoms. The Kier molecular flexibility index (Phi) is 4.28. The minimum absolute atomic E-state index is 0.753. The van der Waals surface area contributed by atoms with Crippen molar-refractivity contribution in [1.29, 1.82) is 0 Å². The van der Waals surface area contributed by atoms with Crippen molar-refractivity contribution in [2.45, 2.75) is 20.8 Å². The van der Waals surface area contributed by atoms with Crippen LogP contribution in [0.4, 0.5) is 17.1 Å². The Morgan fingerprint density at radius 3 is 2.26 bits per heavy atom. The molecule has 4 aromatic carbocycles. The highest BCUT2D eigenvalue weighted by Gasteiger charge is 2.32. The van der Waals surface area contributed by atoms with E-state index in [9.17, 15) is 0 Å². The molecule has 0 amide bonds. The zero-order valence-corrected chi connectivity index (χ0v) is 20.2. The van der Waals surface area contributed by atoms with Gasteiger partial charge in [0.25, 0.3) is 0 Å². The fraction of sp³-hybridized carbons (Fsp3) is 0.0968. The summed E-state index contributed by atoms with van der Waals surface area (Å²) in [4.78, 5) is 2.38. The van der Waals surface area contributed by atoms with Crippen LogP contribution in [0, 0.1) is 20.8 Å². The molecule has 0 saturated carbocycles. The third-order valence-corrected chi connectivity index (χ3v) is 7.57. The summed E-state index contributed by atoms with van der Waals surface area (Å²) >= 11 is 0. The lowest BCUT2D eigenvalue weighted by Gasteiger charge is -2.32. The van der Waals surface area contributed by atoms with Crippen molar-refractivity contribution >= 4 is 57.3 Å². The number of furan rings is 1. The smallest absolute Gasteiger partial charge is 0.246 e. The Balaban J connectivity index is 1.56. The van der Waals surface area contributed by atoms with Gasteiger partial charge in [-0.05, 0) is 73.8 Å². The normalized spacial score (nSPS) is 12.6. The summed E-state index contributed by atoms with van der Waals surface area (Å²) in [7, 11) is 0.753. The number of nitrogens with zero attached hydrogens (tertiary/aromatic N) is 2. The van der Waals surface area contributed by atoms with Crippen LogP contribution in [0.2, 0.25) is 0 Å². The van der Waals surface area contributed by atoms with E-state index in [1.54, 1.807) is 0 Å². The van der Waals surface area contributed by atoms with Gasteiger partial charge >= 0.3 is 0 Å². The SMILES string of the molecule is Cc1c(C)n(-c2cccc3c2Bc2oc4ccccc4c2N3c2ccccc2)c2c(C)cccc12. The second-order valence-corrected chi connectivity index (χ2v) is 9.51. The van der Waals surface area contributed by atoms with Crippen molar-refractivity contribution in [2.24, 2.45) is 0 Å². The third kappa shape index (κ3) is 2.80. The summed E-state index contributed by atoms with van der Waals surface area (Å²) in [5, 5.41) is 2.47. The molecule has 0 fully saturated rings. The van der Waals surface area contributed by atoms with Crippen LogP contribution in [0.3, 0.4) is 0 Å². The number of aryl methyl sites for hydroxylation is 2. The van der Waals surface area contributed by atoms with Gasteiger partial charge in [-0.2, -0.15) is 0 Å². The maximum absolute atomic E-state index is 6.49. The largest absolute Gasteiger partial charge is 0.469 e. The first-order valence-electron chi connectivity index (χ1n) is 12.2. The van der Waals surface area contributed by atoms with Gasteiger partial charge in [0.1, 0.15) is 5.58 Å². The van der Waals surface area contributed by atoms with Gasteiger partial charge in [0, 0.05) is 33.5 Å². The van der Waals surface area contributed by atoms with Crippen molar-refractivity contribution in [2.75, 3.05) is 4.90 Å². The summed E-state index contributed by atoms with van der Waals surface area (Å²) in [6.45, 7) is 6.68. The first-order valence-corrected chi connectivity index (χ1v) is 12.2. The van der Waals surface area contributed by atoms with E-state index in [1.165, 1.54) is 44.6 Å². The molecule has 6 aromatic rings. The number of rotatable bonds is 2. The predicted octanol–water partition coefficient (Wildman–Crippen LogP) is 6.47. The van der Waals surface area contributed by atoms with Crippen molar-refractivity contribution < 1.29 is 4.42 Å². The average molecular weight is 452 g/mol. The van der Waals surface area contributed by atoms with Gasteiger partial charge < -0.3 is 13.9 Å². The molecule has 0 spiro atoms. The Morgan fingerprint density at radius 1 is 0.686 bits per heavy atom. The molecule has 0 aliphatic carbocycles. The maximum atomic E-state index is 6.49. The molecule has 0 unspecified atom stereocenters. The molecule has 1 aliphatic heterocycles. The Bertz CT molecular complexity index is 1760. The number of hydrogen-bond acceptors (Lipinski definition) is 2. The molecule has 2 aromatic heterocycles.